The first-order valence-electron chi connectivity index (χ1n) is 5.97. The average Bonchev–Trinajstić information content (AvgIpc) is 2.39. The Balaban J connectivity index is 2.42. The molecule has 1 aromatic heterocycles. The number of hydrogen-bond acceptors (Lipinski definition) is 3. The van der Waals surface area contributed by atoms with Gasteiger partial charge in [-0.3, -0.25) is 4.98 Å². The van der Waals surface area contributed by atoms with Crippen molar-refractivity contribution in [2.24, 2.45) is 5.73 Å². The van der Waals surface area contributed by atoms with Gasteiger partial charge >= 0.3 is 0 Å². The van der Waals surface area contributed by atoms with Crippen molar-refractivity contribution in [1.29, 1.82) is 0 Å². The summed E-state index contributed by atoms with van der Waals surface area (Å²) < 4.78 is 40.2. The van der Waals surface area contributed by atoms with Gasteiger partial charge in [0, 0.05) is 37.0 Å². The quantitative estimate of drug-likeness (QED) is 0.904. The highest BCUT2D eigenvalue weighted by atomic mass is 19.1. The van der Waals surface area contributed by atoms with E-state index in [0.717, 1.165) is 0 Å². The third kappa shape index (κ3) is 2.81. The number of hydrogen-bond donors (Lipinski definition) is 2. The van der Waals surface area contributed by atoms with Crippen molar-refractivity contribution in [2.75, 3.05) is 6.54 Å². The molecule has 2 atom stereocenters. The number of nitrogens with zero attached hydrogens (tertiary/aromatic N) is 1. The monoisotopic (exact) mass is 282 g/mol. The molecule has 6 heteroatoms. The number of aliphatic hydroxyl groups is 1. The molecular weight excluding hydrogens is 269 g/mol. The van der Waals surface area contributed by atoms with Crippen LogP contribution in [0.2, 0.25) is 0 Å². The molecule has 20 heavy (non-hydrogen) atoms. The zero-order valence-corrected chi connectivity index (χ0v) is 10.4. The lowest BCUT2D eigenvalue weighted by molar-refractivity contribution is 0.138. The van der Waals surface area contributed by atoms with Crippen LogP contribution >= 0.6 is 0 Å². The Morgan fingerprint density at radius 2 is 1.85 bits per heavy atom. The van der Waals surface area contributed by atoms with Crippen molar-refractivity contribution in [1.82, 2.24) is 4.98 Å². The lowest BCUT2D eigenvalue weighted by Gasteiger charge is -2.22. The second kappa shape index (κ2) is 6.02. The molecule has 106 valence electrons. The molecule has 0 saturated carbocycles. The molecule has 0 saturated heterocycles. The Bertz CT molecular complexity index is 569. The van der Waals surface area contributed by atoms with E-state index in [0.29, 0.717) is 17.7 Å². The number of benzene rings is 1. The molecule has 2 rings (SSSR count). The van der Waals surface area contributed by atoms with Gasteiger partial charge in [0.1, 0.15) is 17.5 Å². The van der Waals surface area contributed by atoms with Crippen LogP contribution < -0.4 is 5.73 Å². The van der Waals surface area contributed by atoms with Crippen LogP contribution in [0.15, 0.2) is 36.7 Å². The summed E-state index contributed by atoms with van der Waals surface area (Å²) in [6, 6.07) is 4.33. The number of pyridine rings is 1. The molecule has 0 radical (unpaired) electrons. The number of nitrogens with two attached hydrogens (primary N) is 1. The molecule has 0 spiro atoms. The fraction of sp³-hybridized carbons (Fsp3) is 0.214. The Morgan fingerprint density at radius 1 is 1.20 bits per heavy atom. The zero-order chi connectivity index (χ0) is 14.7. The standard InChI is InChI=1S/C14H13F3N2O/c15-9-4-11(16)13(12(17)5-9)14(20)10(6-18)8-2-1-3-19-7-8/h1-5,7,10,14,20H,6,18H2. The first kappa shape index (κ1) is 14.5. The van der Waals surface area contributed by atoms with E-state index in [1.54, 1.807) is 12.1 Å². The summed E-state index contributed by atoms with van der Waals surface area (Å²) >= 11 is 0. The summed E-state index contributed by atoms with van der Waals surface area (Å²) in [5, 5.41) is 10.2. The van der Waals surface area contributed by atoms with E-state index in [2.05, 4.69) is 4.98 Å². The van der Waals surface area contributed by atoms with Crippen molar-refractivity contribution >= 4 is 0 Å². The van der Waals surface area contributed by atoms with Gasteiger partial charge in [-0.15, -0.1) is 0 Å². The van der Waals surface area contributed by atoms with Gasteiger partial charge in [0.05, 0.1) is 11.7 Å². The summed E-state index contributed by atoms with van der Waals surface area (Å²) in [6.45, 7) is -0.0386. The Labute approximate surface area is 113 Å². The van der Waals surface area contributed by atoms with Crippen molar-refractivity contribution < 1.29 is 18.3 Å². The normalized spacial score (nSPS) is 14.1. The molecule has 1 heterocycles. The minimum absolute atomic E-state index is 0.0386. The molecule has 2 aromatic rings. The van der Waals surface area contributed by atoms with Gasteiger partial charge in [0.2, 0.25) is 0 Å². The van der Waals surface area contributed by atoms with E-state index in [-0.39, 0.29) is 6.54 Å². The fourth-order valence-corrected chi connectivity index (χ4v) is 2.08. The SMILES string of the molecule is NCC(c1cccnc1)C(O)c1c(F)cc(F)cc1F. The third-order valence-electron chi connectivity index (χ3n) is 3.09. The summed E-state index contributed by atoms with van der Waals surface area (Å²) in [5.74, 6) is -4.06. The maximum absolute atomic E-state index is 13.7. The largest absolute Gasteiger partial charge is 0.388 e. The van der Waals surface area contributed by atoms with E-state index in [9.17, 15) is 18.3 Å². The molecule has 2 unspecified atom stereocenters. The maximum atomic E-state index is 13.7. The highest BCUT2D eigenvalue weighted by Gasteiger charge is 2.27. The molecule has 3 nitrogen and oxygen atoms in total. The predicted molar refractivity (Wildman–Crippen MR) is 67.3 cm³/mol. The van der Waals surface area contributed by atoms with Gasteiger partial charge in [-0.1, -0.05) is 6.07 Å². The smallest absolute Gasteiger partial charge is 0.134 e. The third-order valence-corrected chi connectivity index (χ3v) is 3.09. The minimum atomic E-state index is -1.52. The molecule has 0 fully saturated rings. The van der Waals surface area contributed by atoms with Crippen molar-refractivity contribution in [2.45, 2.75) is 12.0 Å². The first-order valence-corrected chi connectivity index (χ1v) is 5.97. The molecule has 0 bridgehead atoms. The maximum Gasteiger partial charge on any atom is 0.134 e. The van der Waals surface area contributed by atoms with Gasteiger partial charge in [-0.2, -0.15) is 0 Å². The number of aromatic nitrogens is 1. The summed E-state index contributed by atoms with van der Waals surface area (Å²) in [6.07, 6.45) is 1.47. The van der Waals surface area contributed by atoms with Gasteiger partial charge in [-0.25, -0.2) is 13.2 Å². The van der Waals surface area contributed by atoms with Crippen LogP contribution in [0.5, 0.6) is 0 Å². The van der Waals surface area contributed by atoms with Gasteiger partial charge < -0.3 is 10.8 Å². The summed E-state index contributed by atoms with van der Waals surface area (Å²) in [5.41, 5.74) is 5.52. The van der Waals surface area contributed by atoms with E-state index < -0.39 is 35.0 Å². The molecule has 3 N–H and O–H groups in total. The summed E-state index contributed by atoms with van der Waals surface area (Å²) in [7, 11) is 0. The Morgan fingerprint density at radius 3 is 2.35 bits per heavy atom. The number of halogens is 3. The fourth-order valence-electron chi connectivity index (χ4n) is 2.08. The van der Waals surface area contributed by atoms with Crippen LogP contribution in [0.4, 0.5) is 13.2 Å². The lowest BCUT2D eigenvalue weighted by atomic mass is 9.89. The van der Waals surface area contributed by atoms with Crippen LogP contribution in [-0.2, 0) is 0 Å². The van der Waals surface area contributed by atoms with Crippen LogP contribution in [0.25, 0.3) is 0 Å². The van der Waals surface area contributed by atoms with E-state index in [1.807, 2.05) is 0 Å². The van der Waals surface area contributed by atoms with Gasteiger partial charge in [-0.05, 0) is 11.6 Å². The number of aliphatic hydroxyl groups excluding tert-OH is 1. The molecule has 0 aliphatic carbocycles. The molecular formula is C14H13F3N2O. The minimum Gasteiger partial charge on any atom is -0.388 e. The van der Waals surface area contributed by atoms with Crippen molar-refractivity contribution in [3.05, 3.63) is 65.2 Å². The van der Waals surface area contributed by atoms with E-state index in [1.165, 1.54) is 12.4 Å². The summed E-state index contributed by atoms with van der Waals surface area (Å²) in [4.78, 5) is 3.87. The predicted octanol–water partition coefficient (Wildman–Crippen LogP) is 2.27. The average molecular weight is 282 g/mol. The van der Waals surface area contributed by atoms with Gasteiger partial charge in [0.25, 0.3) is 0 Å². The second-order valence-electron chi connectivity index (χ2n) is 4.36. The van der Waals surface area contributed by atoms with Crippen LogP contribution in [-0.4, -0.2) is 16.6 Å². The molecule has 0 amide bonds. The van der Waals surface area contributed by atoms with Crippen LogP contribution in [0.1, 0.15) is 23.1 Å². The molecule has 0 aliphatic rings. The van der Waals surface area contributed by atoms with Gasteiger partial charge in [0.15, 0.2) is 0 Å². The van der Waals surface area contributed by atoms with Crippen molar-refractivity contribution in [3.63, 3.8) is 0 Å². The van der Waals surface area contributed by atoms with Crippen molar-refractivity contribution in [3.8, 4) is 0 Å². The highest BCUT2D eigenvalue weighted by molar-refractivity contribution is 5.28. The number of rotatable bonds is 4. The zero-order valence-electron chi connectivity index (χ0n) is 10.4. The second-order valence-corrected chi connectivity index (χ2v) is 4.36. The Hall–Kier alpha value is -1.92. The Kier molecular flexibility index (Phi) is 4.36. The van der Waals surface area contributed by atoms with Crippen LogP contribution in [0.3, 0.4) is 0 Å². The lowest BCUT2D eigenvalue weighted by Crippen LogP contribution is -2.22. The highest BCUT2D eigenvalue weighted by Crippen LogP contribution is 2.33. The van der Waals surface area contributed by atoms with E-state index >= 15 is 0 Å². The molecule has 1 aromatic carbocycles. The van der Waals surface area contributed by atoms with Crippen LogP contribution in [0, 0.1) is 17.5 Å². The molecule has 0 aliphatic heterocycles. The van der Waals surface area contributed by atoms with E-state index in [4.69, 9.17) is 5.73 Å². The topological polar surface area (TPSA) is 59.1 Å². The first-order chi connectivity index (χ1) is 9.54.